The van der Waals surface area contributed by atoms with Crippen molar-refractivity contribution in [3.8, 4) is 6.07 Å². The fourth-order valence-corrected chi connectivity index (χ4v) is 4.17. The summed E-state index contributed by atoms with van der Waals surface area (Å²) in [6.45, 7) is 4.88. The molecule has 0 bridgehead atoms. The second-order valence-corrected chi connectivity index (χ2v) is 7.61. The molecule has 6 nitrogen and oxygen atoms in total. The van der Waals surface area contributed by atoms with Gasteiger partial charge in [0.15, 0.2) is 5.82 Å². The zero-order chi connectivity index (χ0) is 18.8. The van der Waals surface area contributed by atoms with Crippen molar-refractivity contribution in [2.45, 2.75) is 12.3 Å². The lowest BCUT2D eigenvalue weighted by molar-refractivity contribution is 0.295. The normalized spacial score (nSPS) is 19.8. The Morgan fingerprint density at radius 1 is 1.17 bits per heavy atom. The van der Waals surface area contributed by atoms with Crippen LogP contribution in [0.25, 0.3) is 0 Å². The zero-order valence-corrected chi connectivity index (χ0v) is 18.6. The van der Waals surface area contributed by atoms with E-state index >= 15 is 0 Å². The van der Waals surface area contributed by atoms with Crippen LogP contribution in [0.5, 0.6) is 0 Å². The summed E-state index contributed by atoms with van der Waals surface area (Å²) < 4.78 is 0. The topological polar surface area (TPSA) is 71.0 Å². The number of hydrogen-bond donors (Lipinski definition) is 2. The van der Waals surface area contributed by atoms with E-state index in [-0.39, 0.29) is 30.7 Å². The van der Waals surface area contributed by atoms with E-state index in [4.69, 9.17) is 11.6 Å². The van der Waals surface area contributed by atoms with Crippen molar-refractivity contribution >= 4 is 42.2 Å². The lowest BCUT2D eigenvalue weighted by atomic mass is 9.83. The molecule has 1 aromatic heterocycles. The van der Waals surface area contributed by atoms with Crippen LogP contribution in [0.1, 0.15) is 23.5 Å². The number of aromatic nitrogens is 2. The Bertz CT molecular complexity index is 904. The van der Waals surface area contributed by atoms with E-state index in [1.54, 1.807) is 0 Å². The first-order valence-corrected chi connectivity index (χ1v) is 9.64. The number of anilines is 1. The molecule has 2 aromatic rings. The van der Waals surface area contributed by atoms with Crippen LogP contribution in [0, 0.1) is 11.3 Å². The lowest BCUT2D eigenvalue weighted by Gasteiger charge is -2.29. The van der Waals surface area contributed by atoms with Gasteiger partial charge in [-0.25, -0.2) is 0 Å². The van der Waals surface area contributed by atoms with Gasteiger partial charge >= 0.3 is 0 Å². The predicted molar refractivity (Wildman–Crippen MR) is 121 cm³/mol. The SMILES string of the molecule is CN1CCCN(CC2=C(C#N)C(c3ccccc3Cl)c3c[nH]nc3N2)CC1.Cl.Cl. The minimum Gasteiger partial charge on any atom is -0.340 e. The fraction of sp³-hybridized carbons (Fsp3) is 0.400. The highest BCUT2D eigenvalue weighted by molar-refractivity contribution is 6.31. The first-order valence-electron chi connectivity index (χ1n) is 9.26. The Morgan fingerprint density at radius 2 is 1.97 bits per heavy atom. The van der Waals surface area contributed by atoms with Gasteiger partial charge in [-0.3, -0.25) is 10.00 Å². The summed E-state index contributed by atoms with van der Waals surface area (Å²) in [5.74, 6) is 0.573. The minimum absolute atomic E-state index is 0. The Balaban J connectivity index is 0.00000150. The maximum atomic E-state index is 10.0. The number of allylic oxidation sites excluding steroid dienone is 1. The van der Waals surface area contributed by atoms with Gasteiger partial charge in [-0.1, -0.05) is 29.8 Å². The summed E-state index contributed by atoms with van der Waals surface area (Å²) >= 11 is 6.49. The van der Waals surface area contributed by atoms with E-state index < -0.39 is 0 Å². The smallest absolute Gasteiger partial charge is 0.156 e. The number of likely N-dealkylation sites (N-methyl/N-ethyl adjacent to an activating group) is 1. The van der Waals surface area contributed by atoms with Crippen molar-refractivity contribution in [2.24, 2.45) is 0 Å². The number of benzene rings is 1. The number of fused-ring (bicyclic) bond motifs is 1. The number of nitriles is 1. The van der Waals surface area contributed by atoms with Gasteiger partial charge in [-0.2, -0.15) is 10.4 Å². The van der Waals surface area contributed by atoms with E-state index in [2.05, 4.69) is 38.4 Å². The number of rotatable bonds is 3. The van der Waals surface area contributed by atoms with Crippen molar-refractivity contribution in [3.05, 3.63) is 57.9 Å². The van der Waals surface area contributed by atoms with Gasteiger partial charge in [-0.15, -0.1) is 24.8 Å². The van der Waals surface area contributed by atoms with Crippen LogP contribution in [0.2, 0.25) is 5.02 Å². The van der Waals surface area contributed by atoms with Crippen molar-refractivity contribution in [1.82, 2.24) is 20.0 Å². The summed E-state index contributed by atoms with van der Waals surface area (Å²) in [7, 11) is 2.16. The number of hydrogen-bond acceptors (Lipinski definition) is 5. The van der Waals surface area contributed by atoms with Crippen LogP contribution in [0.4, 0.5) is 5.82 Å². The Labute approximate surface area is 188 Å². The quantitative estimate of drug-likeness (QED) is 0.735. The van der Waals surface area contributed by atoms with Gasteiger partial charge in [0.05, 0.1) is 17.6 Å². The molecule has 2 aliphatic rings. The summed E-state index contributed by atoms with van der Waals surface area (Å²) in [4.78, 5) is 4.76. The predicted octanol–water partition coefficient (Wildman–Crippen LogP) is 3.88. The molecule has 0 saturated carbocycles. The molecule has 0 radical (unpaired) electrons. The van der Waals surface area contributed by atoms with Gasteiger partial charge in [0, 0.05) is 42.1 Å². The first-order chi connectivity index (χ1) is 13.2. The van der Waals surface area contributed by atoms with Crippen LogP contribution < -0.4 is 5.32 Å². The molecule has 9 heteroatoms. The van der Waals surface area contributed by atoms with Gasteiger partial charge in [0.2, 0.25) is 0 Å². The zero-order valence-electron chi connectivity index (χ0n) is 16.2. The third kappa shape index (κ3) is 4.88. The number of halogens is 3. The Morgan fingerprint density at radius 3 is 2.72 bits per heavy atom. The van der Waals surface area contributed by atoms with Crippen LogP contribution in [0.3, 0.4) is 0 Å². The van der Waals surface area contributed by atoms with E-state index in [9.17, 15) is 5.26 Å². The third-order valence-electron chi connectivity index (χ3n) is 5.39. The highest BCUT2D eigenvalue weighted by Gasteiger charge is 2.33. The van der Waals surface area contributed by atoms with Crippen LogP contribution >= 0.6 is 36.4 Å². The van der Waals surface area contributed by atoms with Crippen LogP contribution in [-0.2, 0) is 0 Å². The standard InChI is InChI=1S/C20H23ClN6.2ClH/c1-26-7-4-8-27(10-9-26)13-18-15(11-22)19(14-5-2-3-6-17(14)21)16-12-23-25-20(16)24-18;;/h2-3,5-6,12,19H,4,7-10,13H2,1H3,(H2,23,24,25);2*1H. The molecule has 1 atom stereocenters. The molecule has 1 fully saturated rings. The molecule has 1 aromatic carbocycles. The molecule has 29 heavy (non-hydrogen) atoms. The summed E-state index contributed by atoms with van der Waals surface area (Å²) in [5, 5.41) is 21.4. The van der Waals surface area contributed by atoms with Gasteiger partial charge in [-0.05, 0) is 38.2 Å². The number of H-pyrrole nitrogens is 1. The van der Waals surface area contributed by atoms with Crippen molar-refractivity contribution in [1.29, 1.82) is 5.26 Å². The maximum Gasteiger partial charge on any atom is 0.156 e. The Hall–Kier alpha value is -1.75. The van der Waals surface area contributed by atoms with Crippen molar-refractivity contribution in [3.63, 3.8) is 0 Å². The van der Waals surface area contributed by atoms with E-state index in [1.807, 2.05) is 30.5 Å². The molecular weight excluding hydrogens is 431 g/mol. The van der Waals surface area contributed by atoms with E-state index in [1.165, 1.54) is 0 Å². The minimum atomic E-state index is -0.205. The van der Waals surface area contributed by atoms with E-state index in [0.717, 1.165) is 60.8 Å². The average Bonchev–Trinajstić information content (AvgIpc) is 3.04. The monoisotopic (exact) mass is 454 g/mol. The molecule has 3 heterocycles. The van der Waals surface area contributed by atoms with Gasteiger partial charge in [0.25, 0.3) is 0 Å². The third-order valence-corrected chi connectivity index (χ3v) is 5.74. The first kappa shape index (κ1) is 23.5. The molecule has 2 aliphatic heterocycles. The largest absolute Gasteiger partial charge is 0.340 e. The van der Waals surface area contributed by atoms with Gasteiger partial charge < -0.3 is 10.2 Å². The second kappa shape index (κ2) is 10.3. The molecule has 156 valence electrons. The molecule has 4 rings (SSSR count). The van der Waals surface area contributed by atoms with E-state index in [0.29, 0.717) is 11.6 Å². The summed E-state index contributed by atoms with van der Waals surface area (Å²) in [5.41, 5.74) is 3.54. The molecule has 2 N–H and O–H groups in total. The maximum absolute atomic E-state index is 10.0. The molecule has 0 spiro atoms. The molecule has 1 saturated heterocycles. The van der Waals surface area contributed by atoms with Crippen LogP contribution in [-0.4, -0.2) is 59.8 Å². The van der Waals surface area contributed by atoms with Gasteiger partial charge in [0.1, 0.15) is 0 Å². The highest BCUT2D eigenvalue weighted by Crippen LogP contribution is 2.42. The molecule has 0 amide bonds. The fourth-order valence-electron chi connectivity index (χ4n) is 3.93. The van der Waals surface area contributed by atoms with Crippen LogP contribution in [0.15, 0.2) is 41.7 Å². The number of nitrogens with one attached hydrogen (secondary N) is 2. The average molecular weight is 456 g/mol. The highest BCUT2D eigenvalue weighted by atomic mass is 35.5. The Kier molecular flexibility index (Phi) is 8.38. The molecule has 0 aliphatic carbocycles. The summed E-state index contributed by atoms with van der Waals surface area (Å²) in [6, 6.07) is 10.2. The molecular formula is C20H25Cl3N6. The number of aromatic amines is 1. The van der Waals surface area contributed by atoms with Crippen molar-refractivity contribution in [2.75, 3.05) is 45.1 Å². The van der Waals surface area contributed by atoms with Crippen molar-refractivity contribution < 1.29 is 0 Å². The number of nitrogens with zero attached hydrogens (tertiary/aromatic N) is 4. The molecule has 1 unspecified atom stereocenters. The summed E-state index contributed by atoms with van der Waals surface area (Å²) in [6.07, 6.45) is 2.98. The lowest BCUT2D eigenvalue weighted by Crippen LogP contribution is -2.34. The second-order valence-electron chi connectivity index (χ2n) is 7.21.